The molecule has 0 aromatic carbocycles. The van der Waals surface area contributed by atoms with E-state index < -0.39 is 409 Å². The Balaban J connectivity index is 17.6. The van der Waals surface area contributed by atoms with E-state index in [9.17, 15) is 0 Å². The molecule has 0 rings (SSSR count). The third-order valence-electron chi connectivity index (χ3n) is 28.2. The van der Waals surface area contributed by atoms with Gasteiger partial charge in [0, 0.05) is 926 Å². The molecular formula is B131. The minimum atomic E-state index is -2.85. The third kappa shape index (κ3) is 37.5. The highest BCUT2D eigenvalue weighted by molar-refractivity contribution is 8.47. The van der Waals surface area contributed by atoms with Crippen molar-refractivity contribution in [3.8, 4) is 0 Å². The fourth-order valence-electron chi connectivity index (χ4n) is 24.0. The highest BCUT2D eigenvalue weighted by Crippen LogP contribution is 2.34. The highest BCUT2D eigenvalue weighted by atomic mass is 13.5. The summed E-state index contributed by atoms with van der Waals surface area (Å²) in [5.74, 6) is 0. The van der Waals surface area contributed by atoms with Gasteiger partial charge in [-0.3, -0.25) is 0 Å². The number of rotatable bonds is 64. The summed E-state index contributed by atoms with van der Waals surface area (Å²) in [4.78, 5) is 0. The van der Waals surface area contributed by atoms with Crippen LogP contribution in [-0.4, -0.2) is 926 Å². The standard InChI is InChI=1S/B131/c1-67-100(66)117(101(68(2)3)69(4)5)125(116(98(62)63)99(64)65)129(124(114(94(54)55)95(56)57)115(96(58)59)97(60)61)131(128(122(110(86(38)39)87(40)41)111(88(42)43)89(44)45)123(112(90(46)47)91(48)49)113(92(50)51)93(52)53)130(126(118(102(70(6)7)71(8)9)103(72(10)11)73(12)13)119(104(74(14)15)75(16)17)105(76(18)19)77(20)21)127(120(106(78(22)23)79(24)25)107(80(26)27)81(28)29)121(108(82(30)31)83(32)33)109(84(34)35)85(36)37. The van der Waals surface area contributed by atoms with Crippen molar-refractivity contribution in [2.24, 2.45) is 0 Å². The largest absolute Gasteiger partial charge is 0 e. The van der Waals surface area contributed by atoms with Gasteiger partial charge < -0.3 is 0 Å². The Hall–Kier alpha value is 8.51. The Morgan fingerprint density at radius 2 is 0.115 bits per heavy atom. The lowest BCUT2D eigenvalue weighted by Gasteiger charge is -2.65. The molecule has 0 bridgehead atoms. The maximum atomic E-state index is 7.84. The molecular weight excluding hydrogens is 1420 g/mol. The second-order valence-corrected chi connectivity index (χ2v) is 37.1. The molecule has 0 heterocycles. The smallest absolute Gasteiger partial charge is 0 e. The Bertz CT molecular complexity index is 2250. The van der Waals surface area contributed by atoms with Gasteiger partial charge >= 0.3 is 0 Å². The Labute approximate surface area is 916 Å². The van der Waals surface area contributed by atoms with Crippen molar-refractivity contribution in [3.05, 3.63) is 0 Å². The van der Waals surface area contributed by atoms with Gasteiger partial charge in [-0.1, -0.05) is 0 Å². The first kappa shape index (κ1) is 140. The summed E-state index contributed by atoms with van der Waals surface area (Å²) in [5, 5.41) is 0. The number of hydrogen-bond acceptors (Lipinski definition) is 0. The van der Waals surface area contributed by atoms with Gasteiger partial charge in [0.05, 0.1) is 0 Å². The molecule has 0 aliphatic heterocycles. The van der Waals surface area contributed by atoms with E-state index in [2.05, 4.69) is 0 Å². The van der Waals surface area contributed by atoms with E-state index in [1.165, 1.54) is 0 Å². The minimum absolute atomic E-state index is 0.889. The summed E-state index contributed by atoms with van der Waals surface area (Å²) in [6.07, 6.45) is -141. The van der Waals surface area contributed by atoms with Gasteiger partial charge in [0.2, 0.25) is 0 Å². The molecule has 133 radical (unpaired) electrons. The summed E-state index contributed by atoms with van der Waals surface area (Å²) in [7, 11) is 492. The van der Waals surface area contributed by atoms with Gasteiger partial charge in [0.15, 0.2) is 0 Å². The van der Waals surface area contributed by atoms with Gasteiger partial charge in [0.1, 0.15) is 0 Å². The molecule has 0 aromatic rings. The van der Waals surface area contributed by atoms with Crippen molar-refractivity contribution in [2.75, 3.05) is 0 Å². The maximum Gasteiger partial charge on any atom is 0 e. The van der Waals surface area contributed by atoms with Crippen LogP contribution in [0.4, 0.5) is 0 Å². The van der Waals surface area contributed by atoms with Gasteiger partial charge in [-0.05, 0) is 0 Å². The van der Waals surface area contributed by atoms with E-state index in [4.69, 9.17) is 511 Å². The van der Waals surface area contributed by atoms with Gasteiger partial charge in [-0.15, -0.1) is 0 Å². The van der Waals surface area contributed by atoms with Crippen LogP contribution in [0.2, 0.25) is 0 Å². The summed E-state index contributed by atoms with van der Waals surface area (Å²) >= 11 is 0. The van der Waals surface area contributed by atoms with Gasteiger partial charge in [-0.25, -0.2) is 0 Å². The highest BCUT2D eigenvalue weighted by Gasteiger charge is 2.72. The topological polar surface area (TPSA) is 0 Å². The minimum Gasteiger partial charge on any atom is 0 e. The molecule has 0 N–H and O–H groups in total. The normalized spacial score (nSPS) is 9.86. The first-order valence-electron chi connectivity index (χ1n) is 43.3. The van der Waals surface area contributed by atoms with Crippen molar-refractivity contribution in [1.29, 1.82) is 0 Å². The van der Waals surface area contributed by atoms with Crippen LogP contribution < -0.4 is 0 Å². The van der Waals surface area contributed by atoms with Crippen LogP contribution in [0, 0.1) is 0 Å². The van der Waals surface area contributed by atoms with Crippen molar-refractivity contribution in [1.82, 2.24) is 0 Å². The average molecular weight is 1420 g/mol. The van der Waals surface area contributed by atoms with Crippen LogP contribution in [-0.2, 0) is 0 Å². The molecule has 0 spiro atoms. The molecule has 0 aliphatic rings. The van der Waals surface area contributed by atoms with Crippen LogP contribution in [0.15, 0.2) is 0 Å². The van der Waals surface area contributed by atoms with E-state index >= 15 is 0 Å². The van der Waals surface area contributed by atoms with Crippen LogP contribution in [0.25, 0.3) is 0 Å². The zero-order chi connectivity index (χ0) is 104. The fraction of sp³-hybridized carbons (Fsp3) is 0. The maximum absolute atomic E-state index is 7.84. The van der Waals surface area contributed by atoms with Crippen LogP contribution >= 0.6 is 0 Å². The third-order valence-corrected chi connectivity index (χ3v) is 28.2. The molecule has 131 heteroatoms. The van der Waals surface area contributed by atoms with Crippen molar-refractivity contribution in [3.63, 3.8) is 0 Å². The molecule has 0 amide bonds. The van der Waals surface area contributed by atoms with Crippen molar-refractivity contribution >= 4 is 926 Å². The lowest BCUT2D eigenvalue weighted by atomic mass is 8.16. The summed E-state index contributed by atoms with van der Waals surface area (Å²) in [6, 6.07) is 0. The molecule has 0 nitrogen and oxygen atoms in total. The second-order valence-electron chi connectivity index (χ2n) is 37.1. The molecule has 393 valence electrons. The fourth-order valence-corrected chi connectivity index (χ4v) is 24.0. The van der Waals surface area contributed by atoms with Gasteiger partial charge in [0.25, 0.3) is 0 Å². The molecule has 0 fully saturated rings. The van der Waals surface area contributed by atoms with Crippen LogP contribution in [0.3, 0.4) is 0 Å². The molecule has 0 aliphatic carbocycles. The predicted octanol–water partition coefficient (Wildman–Crippen LogP) is -49.9. The molecule has 131 heavy (non-hydrogen) atoms. The molecule has 0 atom stereocenters. The predicted molar refractivity (Wildman–Crippen MR) is 754 cm³/mol. The quantitative estimate of drug-likeness (QED) is 0.0533. The Morgan fingerprint density at radius 1 is 0.0687 bits per heavy atom. The van der Waals surface area contributed by atoms with E-state index in [1.807, 2.05) is 0 Å². The zero-order valence-corrected chi connectivity index (χ0v) is 75.6. The van der Waals surface area contributed by atoms with E-state index in [0.29, 0.717) is 0 Å². The molecule has 0 aromatic heterocycles. The SMILES string of the molecule is [B][B]B([B])B(B(B([B])[B])B([B])[B])B(B(B([B])[B])B([B])[B])B(B(B(B([B])[B])B([B])[B])B(B([B])[B])B([B])[B])B(B(B(B(B([B])[B])B([B])[B])B(B([B])[B])B([B])[B])B(B(B([B])[B])B([B])[B])B(B([B])[B])B([B])[B])B(B(B(B(B([B])[B])B([B])[B])B(B([B])[B])B([B])[B])B(B(B([B])[B])B([B])[B])B(B([B])[B])B([B])[B])B(B(B(B([B])[B])B([B])[B])B(B([B])[B])B([B])[B])B(B(B([B])[B])B([B])[B])B(B([B])[B])B([B])[B]. The molecule has 0 unspecified atom stereocenters. The first-order chi connectivity index (χ1) is 59.6. The lowest BCUT2D eigenvalue weighted by Crippen LogP contribution is -3.03. The van der Waals surface area contributed by atoms with Crippen molar-refractivity contribution < 1.29 is 0 Å². The van der Waals surface area contributed by atoms with E-state index in [1.54, 1.807) is 0 Å². The zero-order valence-electron chi connectivity index (χ0n) is 75.6. The Morgan fingerprint density at radius 3 is 0.168 bits per heavy atom. The summed E-state index contributed by atoms with van der Waals surface area (Å²) in [5.41, 5.74) is 0. The van der Waals surface area contributed by atoms with Crippen molar-refractivity contribution in [2.45, 2.75) is 0 Å². The monoisotopic (exact) mass is 1440 g/mol. The Kier molecular flexibility index (Phi) is 68.7. The molecule has 0 saturated carbocycles. The summed E-state index contributed by atoms with van der Waals surface area (Å²) in [6.45, 7) is 0. The average Bonchev–Trinajstić information content (AvgIpc) is 0.697. The van der Waals surface area contributed by atoms with E-state index in [0.717, 1.165) is 7.06 Å². The summed E-state index contributed by atoms with van der Waals surface area (Å²) < 4.78 is 0. The second kappa shape index (κ2) is 64.5. The van der Waals surface area contributed by atoms with Crippen LogP contribution in [0.1, 0.15) is 0 Å². The van der Waals surface area contributed by atoms with Gasteiger partial charge in [-0.2, -0.15) is 0 Å². The first-order valence-corrected chi connectivity index (χ1v) is 43.3. The molecule has 0 saturated heterocycles. The number of hydrogen-bond donors (Lipinski definition) is 0. The lowest BCUT2D eigenvalue weighted by molar-refractivity contribution is 3.11. The van der Waals surface area contributed by atoms with E-state index in [-0.39, 0.29) is 0 Å². The van der Waals surface area contributed by atoms with Crippen LogP contribution in [0.5, 0.6) is 0 Å².